The van der Waals surface area contributed by atoms with Crippen LogP contribution in [0.15, 0.2) is 59.8 Å². The second kappa shape index (κ2) is 6.57. The Kier molecular flexibility index (Phi) is 3.72. The van der Waals surface area contributed by atoms with Crippen molar-refractivity contribution in [3.05, 3.63) is 65.4 Å². The molecule has 0 amide bonds. The smallest absolute Gasteiger partial charge is 0.159 e. The van der Waals surface area contributed by atoms with Crippen LogP contribution in [0.5, 0.6) is 0 Å². The molecule has 0 spiro atoms. The Morgan fingerprint density at radius 3 is 2.80 bits per heavy atom. The summed E-state index contributed by atoms with van der Waals surface area (Å²) in [6.07, 6.45) is 7.22. The maximum absolute atomic E-state index is 4.85. The van der Waals surface area contributed by atoms with Crippen LogP contribution in [-0.2, 0) is 0 Å². The average molecular weight is 409 g/mol. The fourth-order valence-electron chi connectivity index (χ4n) is 3.63. The summed E-state index contributed by atoms with van der Waals surface area (Å²) in [4.78, 5) is 21.6. The van der Waals surface area contributed by atoms with E-state index in [0.29, 0.717) is 5.82 Å². The highest BCUT2D eigenvalue weighted by atomic mass is 32.1. The van der Waals surface area contributed by atoms with Crippen molar-refractivity contribution in [2.75, 3.05) is 0 Å². The number of hydrogen-bond acceptors (Lipinski definition) is 6. The number of H-pyrrole nitrogens is 2. The van der Waals surface area contributed by atoms with Gasteiger partial charge < -0.3 is 4.98 Å². The second-order valence-corrected chi connectivity index (χ2v) is 7.81. The quantitative estimate of drug-likeness (QED) is 0.429. The highest BCUT2D eigenvalue weighted by molar-refractivity contribution is 7.08. The van der Waals surface area contributed by atoms with Crippen LogP contribution in [0.25, 0.3) is 56.0 Å². The first kappa shape index (κ1) is 17.0. The van der Waals surface area contributed by atoms with Gasteiger partial charge in [0.05, 0.1) is 28.6 Å². The summed E-state index contributed by atoms with van der Waals surface area (Å²) < 4.78 is 0. The molecule has 6 aromatic heterocycles. The summed E-state index contributed by atoms with van der Waals surface area (Å²) in [6.45, 7) is 2.05. The largest absolute Gasteiger partial charge is 0.336 e. The van der Waals surface area contributed by atoms with Crippen molar-refractivity contribution < 1.29 is 0 Å². The average Bonchev–Trinajstić information content (AvgIpc) is 3.51. The van der Waals surface area contributed by atoms with Crippen molar-refractivity contribution in [2.45, 2.75) is 6.92 Å². The van der Waals surface area contributed by atoms with Gasteiger partial charge >= 0.3 is 0 Å². The fourth-order valence-corrected chi connectivity index (χ4v) is 4.28. The number of fused-ring (bicyclic) bond motifs is 2. The lowest BCUT2D eigenvalue weighted by molar-refractivity contribution is 1.10. The Bertz CT molecular complexity index is 1510. The molecule has 0 aliphatic heterocycles. The number of rotatable bonds is 3. The van der Waals surface area contributed by atoms with Crippen LogP contribution in [0.4, 0.5) is 0 Å². The van der Waals surface area contributed by atoms with Gasteiger partial charge in [0, 0.05) is 40.5 Å². The highest BCUT2D eigenvalue weighted by Gasteiger charge is 2.17. The molecule has 7 nitrogen and oxygen atoms in total. The van der Waals surface area contributed by atoms with E-state index in [1.54, 1.807) is 29.9 Å². The van der Waals surface area contributed by atoms with Crippen molar-refractivity contribution in [1.82, 2.24) is 35.1 Å². The van der Waals surface area contributed by atoms with Crippen molar-refractivity contribution in [2.24, 2.45) is 0 Å². The molecule has 30 heavy (non-hydrogen) atoms. The standard InChI is InChI=1S/C22H15N7S/c1-12-2-5-23-9-15(12)17-8-14-18(10-25-17)28-29-20(14)22-26-16-3-6-24-19(21(16)27-22)13-4-7-30-11-13/h2-11H,1H3,(H,26,27)(H,28,29). The zero-order valence-electron chi connectivity index (χ0n) is 15.9. The maximum Gasteiger partial charge on any atom is 0.159 e. The van der Waals surface area contributed by atoms with E-state index >= 15 is 0 Å². The van der Waals surface area contributed by atoms with Crippen LogP contribution in [0, 0.1) is 6.92 Å². The minimum atomic E-state index is 0.695. The Labute approximate surface area is 174 Å². The molecule has 0 atom stereocenters. The molecule has 144 valence electrons. The molecule has 0 aliphatic rings. The molecule has 0 saturated heterocycles. The minimum Gasteiger partial charge on any atom is -0.336 e. The SMILES string of the molecule is Cc1ccncc1-c1cc2c(-c3nc4c(-c5ccsc5)nccc4[nH]3)n[nH]c2cn1. The van der Waals surface area contributed by atoms with E-state index in [0.717, 1.165) is 55.7 Å². The molecular formula is C22H15N7S. The van der Waals surface area contributed by atoms with E-state index in [9.17, 15) is 0 Å². The Morgan fingerprint density at radius 2 is 1.93 bits per heavy atom. The van der Waals surface area contributed by atoms with Gasteiger partial charge in [-0.3, -0.25) is 20.1 Å². The van der Waals surface area contributed by atoms with E-state index in [2.05, 4.69) is 48.5 Å². The Hall–Kier alpha value is -3.91. The lowest BCUT2D eigenvalue weighted by Gasteiger charge is -2.04. The normalized spacial score (nSPS) is 11.5. The molecule has 6 aromatic rings. The predicted octanol–water partition coefficient (Wildman–Crippen LogP) is 5.00. The molecular weight excluding hydrogens is 394 g/mol. The second-order valence-electron chi connectivity index (χ2n) is 7.03. The third-order valence-electron chi connectivity index (χ3n) is 5.18. The highest BCUT2D eigenvalue weighted by Crippen LogP contribution is 2.32. The number of aromatic amines is 2. The van der Waals surface area contributed by atoms with Gasteiger partial charge in [0.15, 0.2) is 5.82 Å². The molecule has 6 heterocycles. The summed E-state index contributed by atoms with van der Waals surface area (Å²) in [5.74, 6) is 0.695. The fraction of sp³-hybridized carbons (Fsp3) is 0.0455. The van der Waals surface area contributed by atoms with Gasteiger partial charge in [0.2, 0.25) is 0 Å². The summed E-state index contributed by atoms with van der Waals surface area (Å²) in [7, 11) is 0. The first-order chi connectivity index (χ1) is 14.8. The van der Waals surface area contributed by atoms with Gasteiger partial charge in [-0.1, -0.05) is 0 Å². The number of hydrogen-bond donors (Lipinski definition) is 2. The van der Waals surface area contributed by atoms with Gasteiger partial charge in [-0.25, -0.2) is 4.98 Å². The van der Waals surface area contributed by atoms with E-state index in [-0.39, 0.29) is 0 Å². The summed E-state index contributed by atoms with van der Waals surface area (Å²) in [5.41, 5.74) is 8.27. The first-order valence-electron chi connectivity index (χ1n) is 9.41. The number of thiophene rings is 1. The van der Waals surface area contributed by atoms with Crippen LogP contribution in [-0.4, -0.2) is 35.1 Å². The molecule has 0 saturated carbocycles. The van der Waals surface area contributed by atoms with Gasteiger partial charge in [-0.2, -0.15) is 16.4 Å². The van der Waals surface area contributed by atoms with Crippen LogP contribution in [0.3, 0.4) is 0 Å². The lowest BCUT2D eigenvalue weighted by atomic mass is 10.1. The Morgan fingerprint density at radius 1 is 0.967 bits per heavy atom. The molecule has 2 N–H and O–H groups in total. The minimum absolute atomic E-state index is 0.695. The molecule has 0 aliphatic carbocycles. The number of nitrogens with one attached hydrogen (secondary N) is 2. The topological polar surface area (TPSA) is 96.0 Å². The van der Waals surface area contributed by atoms with E-state index in [1.165, 1.54) is 0 Å². The number of aryl methyl sites for hydroxylation is 1. The van der Waals surface area contributed by atoms with E-state index in [1.807, 2.05) is 29.8 Å². The number of imidazole rings is 1. The van der Waals surface area contributed by atoms with Crippen LogP contribution in [0.2, 0.25) is 0 Å². The van der Waals surface area contributed by atoms with Crippen LogP contribution >= 0.6 is 11.3 Å². The van der Waals surface area contributed by atoms with Crippen molar-refractivity contribution in [3.63, 3.8) is 0 Å². The molecule has 0 unspecified atom stereocenters. The lowest BCUT2D eigenvalue weighted by Crippen LogP contribution is -1.89. The van der Waals surface area contributed by atoms with E-state index < -0.39 is 0 Å². The maximum atomic E-state index is 4.85. The third kappa shape index (κ3) is 2.61. The van der Waals surface area contributed by atoms with Crippen molar-refractivity contribution in [1.29, 1.82) is 0 Å². The molecule has 0 fully saturated rings. The molecule has 0 bridgehead atoms. The molecule has 0 radical (unpaired) electrons. The number of aromatic nitrogens is 7. The molecule has 8 heteroatoms. The predicted molar refractivity (Wildman–Crippen MR) is 118 cm³/mol. The van der Waals surface area contributed by atoms with Gasteiger partial charge in [0.1, 0.15) is 11.2 Å². The summed E-state index contributed by atoms with van der Waals surface area (Å²) in [6, 6.07) is 8.00. The summed E-state index contributed by atoms with van der Waals surface area (Å²) >= 11 is 1.64. The van der Waals surface area contributed by atoms with E-state index in [4.69, 9.17) is 4.98 Å². The monoisotopic (exact) mass is 409 g/mol. The zero-order valence-corrected chi connectivity index (χ0v) is 16.7. The summed E-state index contributed by atoms with van der Waals surface area (Å²) in [5, 5.41) is 12.7. The first-order valence-corrected chi connectivity index (χ1v) is 10.3. The van der Waals surface area contributed by atoms with Gasteiger partial charge in [-0.05, 0) is 42.1 Å². The Balaban J connectivity index is 1.53. The van der Waals surface area contributed by atoms with Crippen LogP contribution in [0.1, 0.15) is 5.56 Å². The number of pyridine rings is 3. The molecule has 0 aromatic carbocycles. The van der Waals surface area contributed by atoms with Crippen molar-refractivity contribution >= 4 is 33.3 Å². The third-order valence-corrected chi connectivity index (χ3v) is 5.87. The van der Waals surface area contributed by atoms with Crippen molar-refractivity contribution in [3.8, 4) is 34.0 Å². The number of nitrogens with zero attached hydrogens (tertiary/aromatic N) is 5. The van der Waals surface area contributed by atoms with Crippen LogP contribution < -0.4 is 0 Å². The molecule has 6 rings (SSSR count). The van der Waals surface area contributed by atoms with Gasteiger partial charge in [-0.15, -0.1) is 0 Å². The zero-order chi connectivity index (χ0) is 20.1. The van der Waals surface area contributed by atoms with Gasteiger partial charge in [0.25, 0.3) is 0 Å².